The first-order chi connectivity index (χ1) is 9.85. The van der Waals surface area contributed by atoms with Crippen LogP contribution in [0.15, 0.2) is 17.0 Å². The number of methoxy groups -OCH3 is 1. The van der Waals surface area contributed by atoms with Gasteiger partial charge >= 0.3 is 0 Å². The lowest BCUT2D eigenvalue weighted by atomic mass is 10.1. The van der Waals surface area contributed by atoms with E-state index in [1.807, 2.05) is 0 Å². The third-order valence-corrected chi connectivity index (χ3v) is 4.70. The molecule has 1 amide bonds. The Hall–Kier alpha value is -1.64. The van der Waals surface area contributed by atoms with Gasteiger partial charge in [-0.3, -0.25) is 4.79 Å². The molecule has 0 aromatic heterocycles. The van der Waals surface area contributed by atoms with Crippen molar-refractivity contribution >= 4 is 21.6 Å². The summed E-state index contributed by atoms with van der Waals surface area (Å²) < 4.78 is 37.2. The molecule has 1 atom stereocenters. The van der Waals surface area contributed by atoms with Crippen LogP contribution < -0.4 is 14.8 Å². The van der Waals surface area contributed by atoms with Gasteiger partial charge in [-0.25, -0.2) is 13.1 Å². The molecule has 8 heteroatoms. The van der Waals surface area contributed by atoms with Crippen LogP contribution in [0.25, 0.3) is 0 Å². The fourth-order valence-corrected chi connectivity index (χ4v) is 3.24. The summed E-state index contributed by atoms with van der Waals surface area (Å²) in [5.74, 6) is 0.0931. The van der Waals surface area contributed by atoms with Crippen LogP contribution in [0, 0.1) is 6.92 Å². The number of anilines is 1. The van der Waals surface area contributed by atoms with E-state index in [1.54, 1.807) is 19.9 Å². The summed E-state index contributed by atoms with van der Waals surface area (Å²) in [4.78, 5) is 11.7. The van der Waals surface area contributed by atoms with E-state index < -0.39 is 16.1 Å². The molecule has 0 radical (unpaired) electrons. The van der Waals surface area contributed by atoms with Gasteiger partial charge in [0.15, 0.2) is 6.10 Å². The monoisotopic (exact) mass is 314 g/mol. The Bertz CT molecular complexity index is 657. The first kappa shape index (κ1) is 15.7. The maximum Gasteiger partial charge on any atom is 0.265 e. The lowest BCUT2D eigenvalue weighted by molar-refractivity contribution is -0.122. The van der Waals surface area contributed by atoms with Gasteiger partial charge in [0, 0.05) is 19.7 Å². The van der Waals surface area contributed by atoms with E-state index >= 15 is 0 Å². The van der Waals surface area contributed by atoms with Crippen LogP contribution in [0.4, 0.5) is 5.69 Å². The summed E-state index contributed by atoms with van der Waals surface area (Å²) in [6.45, 7) is 3.73. The van der Waals surface area contributed by atoms with Crippen molar-refractivity contribution in [2.45, 2.75) is 24.8 Å². The second-order valence-corrected chi connectivity index (χ2v) is 6.49. The molecule has 1 aliphatic rings. The number of hydrogen-bond acceptors (Lipinski definition) is 5. The summed E-state index contributed by atoms with van der Waals surface area (Å²) in [7, 11) is -2.15. The number of sulfonamides is 1. The molecule has 0 saturated carbocycles. The van der Waals surface area contributed by atoms with Gasteiger partial charge in [0.05, 0.1) is 17.2 Å². The number of ether oxygens (including phenoxy) is 2. The highest BCUT2D eigenvalue weighted by Crippen LogP contribution is 2.34. The van der Waals surface area contributed by atoms with E-state index in [0.717, 1.165) is 0 Å². The summed E-state index contributed by atoms with van der Waals surface area (Å²) >= 11 is 0. The average Bonchev–Trinajstić information content (AvgIpc) is 2.40. The molecule has 0 bridgehead atoms. The van der Waals surface area contributed by atoms with Gasteiger partial charge in [0.25, 0.3) is 5.91 Å². The van der Waals surface area contributed by atoms with Gasteiger partial charge in [-0.1, -0.05) is 0 Å². The fourth-order valence-electron chi connectivity index (χ4n) is 1.99. The summed E-state index contributed by atoms with van der Waals surface area (Å²) in [5, 5.41) is 2.68. The topological polar surface area (TPSA) is 93.7 Å². The van der Waals surface area contributed by atoms with Crippen LogP contribution in [-0.4, -0.2) is 40.7 Å². The van der Waals surface area contributed by atoms with E-state index in [1.165, 1.54) is 13.2 Å². The van der Waals surface area contributed by atoms with Crippen molar-refractivity contribution in [3.63, 3.8) is 0 Å². The quantitative estimate of drug-likeness (QED) is 0.778. The van der Waals surface area contributed by atoms with Crippen LogP contribution in [-0.2, 0) is 19.6 Å². The molecule has 21 heavy (non-hydrogen) atoms. The van der Waals surface area contributed by atoms with Crippen LogP contribution >= 0.6 is 0 Å². The molecule has 1 aromatic rings. The van der Waals surface area contributed by atoms with Crippen molar-refractivity contribution in [2.75, 3.05) is 25.6 Å². The van der Waals surface area contributed by atoms with Gasteiger partial charge in [0.2, 0.25) is 10.0 Å². The minimum atomic E-state index is -3.65. The Morgan fingerprint density at radius 3 is 2.81 bits per heavy atom. The third kappa shape index (κ3) is 3.34. The SMILES string of the molecule is COCCNS(=O)(=O)c1cc2c(cc1C)NC(=O)C(C)O2. The van der Waals surface area contributed by atoms with Gasteiger partial charge < -0.3 is 14.8 Å². The van der Waals surface area contributed by atoms with Crippen molar-refractivity contribution in [3.8, 4) is 5.75 Å². The molecule has 116 valence electrons. The molecular weight excluding hydrogens is 296 g/mol. The minimum absolute atomic E-state index is 0.126. The van der Waals surface area contributed by atoms with E-state index in [2.05, 4.69) is 10.0 Å². The molecule has 0 spiro atoms. The summed E-state index contributed by atoms with van der Waals surface area (Å²) in [6, 6.07) is 3.01. The number of fused-ring (bicyclic) bond motifs is 1. The van der Waals surface area contributed by atoms with Crippen molar-refractivity contribution in [1.82, 2.24) is 4.72 Å². The largest absolute Gasteiger partial charge is 0.479 e. The number of nitrogens with one attached hydrogen (secondary N) is 2. The Balaban J connectivity index is 2.34. The Labute approximate surface area is 123 Å². The predicted octanol–water partition coefficient (Wildman–Crippen LogP) is 0.639. The molecule has 1 unspecified atom stereocenters. The Kier molecular flexibility index (Phi) is 4.50. The summed E-state index contributed by atoms with van der Waals surface area (Å²) in [6.07, 6.45) is -0.655. The number of rotatable bonds is 5. The highest BCUT2D eigenvalue weighted by molar-refractivity contribution is 7.89. The summed E-state index contributed by atoms with van der Waals surface area (Å²) in [5.41, 5.74) is 1.00. The molecule has 0 aliphatic carbocycles. The zero-order chi connectivity index (χ0) is 15.6. The number of hydrogen-bond donors (Lipinski definition) is 2. The number of carbonyl (C=O) groups excluding carboxylic acids is 1. The Morgan fingerprint density at radius 2 is 2.14 bits per heavy atom. The lowest BCUT2D eigenvalue weighted by Crippen LogP contribution is -2.35. The number of carbonyl (C=O) groups is 1. The molecular formula is C13H18N2O5S. The maximum absolute atomic E-state index is 12.2. The minimum Gasteiger partial charge on any atom is -0.479 e. The zero-order valence-corrected chi connectivity index (χ0v) is 12.9. The van der Waals surface area contributed by atoms with Gasteiger partial charge in [-0.2, -0.15) is 0 Å². The van der Waals surface area contributed by atoms with E-state index in [9.17, 15) is 13.2 Å². The first-order valence-electron chi connectivity index (χ1n) is 6.46. The highest BCUT2D eigenvalue weighted by Gasteiger charge is 2.27. The van der Waals surface area contributed by atoms with Gasteiger partial charge in [-0.05, 0) is 25.5 Å². The third-order valence-electron chi connectivity index (χ3n) is 3.10. The zero-order valence-electron chi connectivity index (χ0n) is 12.1. The van der Waals surface area contributed by atoms with Crippen molar-refractivity contribution in [3.05, 3.63) is 17.7 Å². The Morgan fingerprint density at radius 1 is 1.43 bits per heavy atom. The predicted molar refractivity (Wildman–Crippen MR) is 77.0 cm³/mol. The van der Waals surface area contributed by atoms with Crippen LogP contribution in [0.3, 0.4) is 0 Å². The molecule has 0 saturated heterocycles. The van der Waals surface area contributed by atoms with Gasteiger partial charge in [0.1, 0.15) is 5.75 Å². The molecule has 1 aliphatic heterocycles. The van der Waals surface area contributed by atoms with Crippen LogP contribution in [0.1, 0.15) is 12.5 Å². The molecule has 2 N–H and O–H groups in total. The number of amides is 1. The van der Waals surface area contributed by atoms with E-state index in [0.29, 0.717) is 17.0 Å². The fraction of sp³-hybridized carbons (Fsp3) is 0.462. The normalized spacial score (nSPS) is 17.9. The molecule has 7 nitrogen and oxygen atoms in total. The molecule has 0 fully saturated rings. The molecule has 2 rings (SSSR count). The van der Waals surface area contributed by atoms with Crippen molar-refractivity contribution in [1.29, 1.82) is 0 Å². The van der Waals surface area contributed by atoms with Crippen LogP contribution in [0.5, 0.6) is 5.75 Å². The average molecular weight is 314 g/mol. The second kappa shape index (κ2) is 6.00. The van der Waals surface area contributed by atoms with E-state index in [-0.39, 0.29) is 24.0 Å². The molecule has 1 aromatic carbocycles. The first-order valence-corrected chi connectivity index (χ1v) is 7.94. The lowest BCUT2D eigenvalue weighted by Gasteiger charge is -2.24. The smallest absolute Gasteiger partial charge is 0.265 e. The van der Waals surface area contributed by atoms with Crippen molar-refractivity contribution in [2.24, 2.45) is 0 Å². The molecule has 1 heterocycles. The highest BCUT2D eigenvalue weighted by atomic mass is 32.2. The van der Waals surface area contributed by atoms with Gasteiger partial charge in [-0.15, -0.1) is 0 Å². The maximum atomic E-state index is 12.2. The number of benzene rings is 1. The van der Waals surface area contributed by atoms with Crippen LogP contribution in [0.2, 0.25) is 0 Å². The number of aryl methyl sites for hydroxylation is 1. The standard InChI is InChI=1S/C13H18N2O5S/c1-8-6-10-11(20-9(2)13(16)15-10)7-12(8)21(17,18)14-4-5-19-3/h6-7,9,14H,4-5H2,1-3H3,(H,15,16). The second-order valence-electron chi connectivity index (χ2n) is 4.75. The van der Waals surface area contributed by atoms with E-state index in [4.69, 9.17) is 9.47 Å². The van der Waals surface area contributed by atoms with Crippen molar-refractivity contribution < 1.29 is 22.7 Å².